The van der Waals surface area contributed by atoms with E-state index in [1.807, 2.05) is 71.2 Å². The highest BCUT2D eigenvalue weighted by Gasteiger charge is 2.52. The van der Waals surface area contributed by atoms with Crippen molar-refractivity contribution < 1.29 is 47.6 Å². The summed E-state index contributed by atoms with van der Waals surface area (Å²) >= 11 is 6.50. The van der Waals surface area contributed by atoms with Gasteiger partial charge in [-0.1, -0.05) is 61.0 Å². The summed E-state index contributed by atoms with van der Waals surface area (Å²) in [6.07, 6.45) is -5.35. The first kappa shape index (κ1) is 36.5. The Morgan fingerprint density at radius 1 is 0.800 bits per heavy atom. The van der Waals surface area contributed by atoms with Crippen molar-refractivity contribution >= 4 is 41.0 Å². The van der Waals surface area contributed by atoms with Gasteiger partial charge in [0.15, 0.2) is 24.6 Å². The van der Waals surface area contributed by atoms with E-state index in [-0.39, 0.29) is 13.2 Å². The minimum absolute atomic E-state index is 0.0142. The molecule has 0 aliphatic carbocycles. The van der Waals surface area contributed by atoms with Crippen molar-refractivity contribution in [1.29, 1.82) is 0 Å². The zero-order valence-corrected chi connectivity index (χ0v) is 29.2. The normalized spacial score (nSPS) is 20.2. The molecule has 50 heavy (non-hydrogen) atoms. The molecule has 0 bridgehead atoms. The highest BCUT2D eigenvalue weighted by molar-refractivity contribution is 6.30. The summed E-state index contributed by atoms with van der Waals surface area (Å²) in [5.41, 5.74) is 6.17. The lowest BCUT2D eigenvalue weighted by Gasteiger charge is -2.44. The molecule has 4 aromatic rings. The summed E-state index contributed by atoms with van der Waals surface area (Å²) in [5, 5.41) is 5.68. The molecule has 5 rings (SSSR count). The number of ether oxygens (including phenoxy) is 6. The fourth-order valence-electron chi connectivity index (χ4n) is 6.12. The first-order valence-electron chi connectivity index (χ1n) is 16.2. The summed E-state index contributed by atoms with van der Waals surface area (Å²) in [6, 6.07) is 21.4. The second kappa shape index (κ2) is 16.3. The molecule has 0 spiro atoms. The Bertz CT molecular complexity index is 1860. The van der Waals surface area contributed by atoms with Crippen LogP contribution >= 0.6 is 11.6 Å². The third kappa shape index (κ3) is 8.50. The van der Waals surface area contributed by atoms with Crippen molar-refractivity contribution in [3.8, 4) is 22.4 Å². The summed E-state index contributed by atoms with van der Waals surface area (Å²) in [5.74, 6) is -2.77. The molecule has 2 aromatic heterocycles. The van der Waals surface area contributed by atoms with Gasteiger partial charge < -0.3 is 28.4 Å². The Labute approximate surface area is 294 Å². The molecule has 0 radical (unpaired) electrons. The van der Waals surface area contributed by atoms with Gasteiger partial charge in [0.05, 0.1) is 17.8 Å². The van der Waals surface area contributed by atoms with E-state index in [0.717, 1.165) is 52.5 Å². The van der Waals surface area contributed by atoms with Crippen LogP contribution in [0, 0.1) is 0 Å². The van der Waals surface area contributed by atoms with E-state index in [9.17, 15) is 19.2 Å². The maximum Gasteiger partial charge on any atom is 0.303 e. The lowest BCUT2D eigenvalue weighted by Crippen LogP contribution is -2.63. The fraction of sp³-hybridized carbons (Fsp3) is 0.378. The average molecular weight is 707 g/mol. The zero-order valence-electron chi connectivity index (χ0n) is 28.4. The monoisotopic (exact) mass is 706 g/mol. The lowest BCUT2D eigenvalue weighted by molar-refractivity contribution is -0.307. The number of fused-ring (bicyclic) bond motifs is 1. The highest BCUT2D eigenvalue weighted by Crippen LogP contribution is 2.37. The molecule has 3 heterocycles. The average Bonchev–Trinajstić information content (AvgIpc) is 3.48. The molecular formula is C37H39ClN2O10. The van der Waals surface area contributed by atoms with Crippen molar-refractivity contribution in [3.63, 3.8) is 0 Å². The quantitative estimate of drug-likeness (QED) is 0.136. The summed E-state index contributed by atoms with van der Waals surface area (Å²) in [7, 11) is 0. The van der Waals surface area contributed by atoms with Gasteiger partial charge in [0, 0.05) is 49.5 Å². The van der Waals surface area contributed by atoms with Crippen LogP contribution in [-0.2, 0) is 60.4 Å². The Balaban J connectivity index is 1.57. The smallest absolute Gasteiger partial charge is 0.303 e. The van der Waals surface area contributed by atoms with E-state index in [1.165, 1.54) is 20.8 Å². The second-order valence-corrected chi connectivity index (χ2v) is 12.2. The maximum absolute atomic E-state index is 12.3. The van der Waals surface area contributed by atoms with E-state index in [0.29, 0.717) is 11.4 Å². The molecule has 13 heteroatoms. The summed E-state index contributed by atoms with van der Waals surface area (Å²) in [4.78, 5) is 48.4. The van der Waals surface area contributed by atoms with Crippen LogP contribution in [0.3, 0.4) is 0 Å². The van der Waals surface area contributed by atoms with Gasteiger partial charge in [0.25, 0.3) is 0 Å². The third-order valence-electron chi connectivity index (χ3n) is 8.08. The zero-order chi connectivity index (χ0) is 35.9. The fourth-order valence-corrected chi connectivity index (χ4v) is 6.31. The van der Waals surface area contributed by atoms with Crippen LogP contribution in [0.25, 0.3) is 27.9 Å². The number of carbonyl (C=O) groups is 4. The number of rotatable bonds is 12. The number of benzene rings is 2. The first-order chi connectivity index (χ1) is 24.0. The molecule has 1 aliphatic rings. The van der Waals surface area contributed by atoms with Crippen LogP contribution in [0.1, 0.15) is 45.9 Å². The largest absolute Gasteiger partial charge is 0.463 e. The van der Waals surface area contributed by atoms with Gasteiger partial charge in [-0.2, -0.15) is 5.10 Å². The number of hydrogen-bond acceptors (Lipinski definition) is 11. The van der Waals surface area contributed by atoms with Crippen molar-refractivity contribution in [2.45, 2.75) is 78.2 Å². The second-order valence-electron chi connectivity index (χ2n) is 11.7. The van der Waals surface area contributed by atoms with Gasteiger partial charge in [-0.05, 0) is 48.2 Å². The molecule has 1 saturated heterocycles. The molecule has 1 aliphatic heterocycles. The Hall–Kier alpha value is -4.78. The Kier molecular flexibility index (Phi) is 11.9. The van der Waals surface area contributed by atoms with Crippen LogP contribution in [0.2, 0.25) is 5.02 Å². The lowest BCUT2D eigenvalue weighted by atomic mass is 9.94. The topological polar surface area (TPSA) is 141 Å². The molecular weight excluding hydrogens is 668 g/mol. The van der Waals surface area contributed by atoms with E-state index >= 15 is 0 Å². The minimum atomic E-state index is -1.34. The summed E-state index contributed by atoms with van der Waals surface area (Å²) < 4.78 is 36.2. The van der Waals surface area contributed by atoms with E-state index in [4.69, 9.17) is 45.1 Å². The molecule has 0 unspecified atom stereocenters. The Morgan fingerprint density at radius 2 is 1.46 bits per heavy atom. The first-order valence-corrected chi connectivity index (χ1v) is 16.6. The number of nitrogens with zero attached hydrogens (tertiary/aromatic N) is 2. The highest BCUT2D eigenvalue weighted by atomic mass is 35.5. The van der Waals surface area contributed by atoms with Gasteiger partial charge >= 0.3 is 23.9 Å². The van der Waals surface area contributed by atoms with Gasteiger partial charge in [0.2, 0.25) is 0 Å². The molecule has 5 atom stereocenters. The van der Waals surface area contributed by atoms with E-state index < -0.39 is 54.6 Å². The standard InChI is InChI=1S/C37H39ClN2O10/c1-6-28-15-16-30-32(26-13-10-14-27(38)19-26)29(33(39-40(28)30)25-11-8-7-9-12-25)17-18-45-37-36(49-24(5)44)35(48-23(4)43)34(47-22(3)42)31(50-37)20-46-21(2)41/h7-16,19,31,34-37H,6,17-18,20H2,1-5H3/t31-,34-,35-,36-,37-/m1/s1. The van der Waals surface area contributed by atoms with Gasteiger partial charge in [0.1, 0.15) is 12.7 Å². The van der Waals surface area contributed by atoms with Gasteiger partial charge in [-0.15, -0.1) is 0 Å². The molecule has 0 saturated carbocycles. The van der Waals surface area contributed by atoms with E-state index in [1.54, 1.807) is 0 Å². The van der Waals surface area contributed by atoms with Crippen LogP contribution in [0.15, 0.2) is 66.7 Å². The van der Waals surface area contributed by atoms with Gasteiger partial charge in [-0.3, -0.25) is 19.2 Å². The molecule has 264 valence electrons. The van der Waals surface area contributed by atoms with Crippen LogP contribution in [-0.4, -0.2) is 77.4 Å². The maximum atomic E-state index is 12.3. The third-order valence-corrected chi connectivity index (χ3v) is 8.32. The molecule has 12 nitrogen and oxygen atoms in total. The number of hydrogen-bond donors (Lipinski definition) is 0. The predicted octanol–water partition coefficient (Wildman–Crippen LogP) is 5.53. The minimum Gasteiger partial charge on any atom is -0.463 e. The van der Waals surface area contributed by atoms with Crippen molar-refractivity contribution in [2.24, 2.45) is 0 Å². The van der Waals surface area contributed by atoms with Crippen molar-refractivity contribution in [1.82, 2.24) is 9.61 Å². The number of esters is 4. The molecule has 0 N–H and O–H groups in total. The predicted molar refractivity (Wildman–Crippen MR) is 182 cm³/mol. The number of carbonyl (C=O) groups excluding carboxylic acids is 4. The Morgan fingerprint density at radius 3 is 2.10 bits per heavy atom. The molecule has 2 aromatic carbocycles. The van der Waals surface area contributed by atoms with E-state index in [2.05, 4.69) is 6.92 Å². The number of halogens is 1. The van der Waals surface area contributed by atoms with Crippen LogP contribution in [0.5, 0.6) is 0 Å². The molecule has 1 fully saturated rings. The van der Waals surface area contributed by atoms with Crippen molar-refractivity contribution in [2.75, 3.05) is 13.2 Å². The van der Waals surface area contributed by atoms with Crippen LogP contribution in [0.4, 0.5) is 0 Å². The summed E-state index contributed by atoms with van der Waals surface area (Å²) in [6.45, 7) is 6.45. The van der Waals surface area contributed by atoms with Crippen LogP contribution < -0.4 is 0 Å². The van der Waals surface area contributed by atoms with Crippen molar-refractivity contribution in [3.05, 3.63) is 83.0 Å². The number of aromatic nitrogens is 2. The molecule has 0 amide bonds. The SMILES string of the molecule is CCc1ccc2c(-c3cccc(Cl)c3)c(CCO[C@@H]3O[C@H](COC(C)=O)[C@@H](OC(C)=O)[C@@H](OC(C)=O)[C@H]3OC(C)=O)c(-c3ccccc3)nn12. The van der Waals surface area contributed by atoms with Gasteiger partial charge in [-0.25, -0.2) is 4.52 Å². The number of aryl methyl sites for hydroxylation is 1.